The molecule has 86 valence electrons. The van der Waals surface area contributed by atoms with Gasteiger partial charge in [0.2, 0.25) is 5.91 Å². The van der Waals surface area contributed by atoms with Crippen molar-refractivity contribution in [1.29, 1.82) is 0 Å². The Morgan fingerprint density at radius 3 is 2.81 bits per heavy atom. The number of rotatable bonds is 4. The zero-order valence-corrected chi connectivity index (χ0v) is 8.59. The average Bonchev–Trinajstić information content (AvgIpc) is 3.04. The third-order valence-electron chi connectivity index (χ3n) is 2.33. The Morgan fingerprint density at radius 1 is 1.38 bits per heavy atom. The van der Waals surface area contributed by atoms with Crippen LogP contribution in [0.25, 0.3) is 0 Å². The molecule has 2 N–H and O–H groups in total. The van der Waals surface area contributed by atoms with Crippen molar-refractivity contribution in [2.45, 2.75) is 18.9 Å². The van der Waals surface area contributed by atoms with Crippen LogP contribution >= 0.6 is 0 Å². The van der Waals surface area contributed by atoms with Crippen molar-refractivity contribution in [1.82, 2.24) is 5.32 Å². The number of benzene rings is 1. The fourth-order valence-electron chi connectivity index (χ4n) is 1.31. The summed E-state index contributed by atoms with van der Waals surface area (Å²) >= 11 is 0. The first-order valence-electron chi connectivity index (χ1n) is 5.13. The number of anilines is 1. The van der Waals surface area contributed by atoms with Crippen LogP contribution < -0.4 is 10.6 Å². The second kappa shape index (κ2) is 4.57. The van der Waals surface area contributed by atoms with Crippen LogP contribution in [0.4, 0.5) is 14.5 Å². The van der Waals surface area contributed by atoms with Gasteiger partial charge in [0.05, 0.1) is 12.2 Å². The van der Waals surface area contributed by atoms with E-state index in [0.29, 0.717) is 6.04 Å². The fourth-order valence-corrected chi connectivity index (χ4v) is 1.31. The fraction of sp³-hybridized carbons (Fsp3) is 0.364. The number of amides is 1. The summed E-state index contributed by atoms with van der Waals surface area (Å²) < 4.78 is 25.9. The number of halogens is 2. The van der Waals surface area contributed by atoms with E-state index in [2.05, 4.69) is 10.6 Å². The van der Waals surface area contributed by atoms with Crippen LogP contribution in [-0.2, 0) is 4.79 Å². The monoisotopic (exact) mass is 226 g/mol. The third kappa shape index (κ3) is 3.00. The quantitative estimate of drug-likeness (QED) is 0.819. The molecule has 0 saturated heterocycles. The molecule has 2 rings (SSSR count). The van der Waals surface area contributed by atoms with Crippen LogP contribution in [-0.4, -0.2) is 18.5 Å². The second-order valence-electron chi connectivity index (χ2n) is 3.83. The highest BCUT2D eigenvalue weighted by molar-refractivity contribution is 5.92. The van der Waals surface area contributed by atoms with Crippen LogP contribution in [0, 0.1) is 11.6 Å². The van der Waals surface area contributed by atoms with E-state index in [1.54, 1.807) is 0 Å². The molecule has 0 aromatic heterocycles. The van der Waals surface area contributed by atoms with Gasteiger partial charge in [0.1, 0.15) is 11.6 Å². The molecule has 1 fully saturated rings. The van der Waals surface area contributed by atoms with Gasteiger partial charge in [-0.2, -0.15) is 0 Å². The SMILES string of the molecule is O=C(CNC1CC1)Nc1cc(F)ccc1F. The molecule has 0 aliphatic heterocycles. The third-order valence-corrected chi connectivity index (χ3v) is 2.33. The molecule has 0 spiro atoms. The standard InChI is InChI=1S/C11H12F2N2O/c12-7-1-4-9(13)10(5-7)15-11(16)6-14-8-2-3-8/h1,4-5,8,14H,2-3,6H2,(H,15,16). The zero-order valence-electron chi connectivity index (χ0n) is 8.59. The molecule has 0 heterocycles. The van der Waals surface area contributed by atoms with Crippen molar-refractivity contribution in [2.75, 3.05) is 11.9 Å². The van der Waals surface area contributed by atoms with Gasteiger partial charge < -0.3 is 10.6 Å². The zero-order chi connectivity index (χ0) is 11.5. The molecule has 0 bridgehead atoms. The molecule has 1 aromatic carbocycles. The van der Waals surface area contributed by atoms with Gasteiger partial charge in [-0.05, 0) is 25.0 Å². The van der Waals surface area contributed by atoms with Crippen LogP contribution in [0.1, 0.15) is 12.8 Å². The lowest BCUT2D eigenvalue weighted by molar-refractivity contribution is -0.115. The van der Waals surface area contributed by atoms with E-state index in [1.807, 2.05) is 0 Å². The number of hydrogen-bond donors (Lipinski definition) is 2. The molecular weight excluding hydrogens is 214 g/mol. The van der Waals surface area contributed by atoms with Gasteiger partial charge in [0.25, 0.3) is 0 Å². The van der Waals surface area contributed by atoms with E-state index in [0.717, 1.165) is 31.0 Å². The Labute approximate surface area is 91.8 Å². The molecule has 1 saturated carbocycles. The summed E-state index contributed by atoms with van der Waals surface area (Å²) in [6.07, 6.45) is 2.14. The van der Waals surface area contributed by atoms with E-state index >= 15 is 0 Å². The molecule has 0 atom stereocenters. The topological polar surface area (TPSA) is 41.1 Å². The molecule has 1 aliphatic carbocycles. The highest BCUT2D eigenvalue weighted by atomic mass is 19.1. The first kappa shape index (κ1) is 11.0. The summed E-state index contributed by atoms with van der Waals surface area (Å²) in [4.78, 5) is 11.3. The Bertz CT molecular complexity index is 405. The Morgan fingerprint density at radius 2 is 2.12 bits per heavy atom. The molecule has 1 aromatic rings. The van der Waals surface area contributed by atoms with Gasteiger partial charge >= 0.3 is 0 Å². The maximum absolute atomic E-state index is 13.1. The molecule has 3 nitrogen and oxygen atoms in total. The van der Waals surface area contributed by atoms with Crippen molar-refractivity contribution in [2.24, 2.45) is 0 Å². The maximum atomic E-state index is 13.1. The van der Waals surface area contributed by atoms with Crippen LogP contribution in [0.5, 0.6) is 0 Å². The molecule has 16 heavy (non-hydrogen) atoms. The predicted molar refractivity (Wildman–Crippen MR) is 56.0 cm³/mol. The minimum absolute atomic E-state index is 0.123. The maximum Gasteiger partial charge on any atom is 0.238 e. The molecule has 0 radical (unpaired) electrons. The summed E-state index contributed by atoms with van der Waals surface area (Å²) in [5.41, 5.74) is -0.123. The Kier molecular flexibility index (Phi) is 3.14. The van der Waals surface area contributed by atoms with Crippen LogP contribution in [0.2, 0.25) is 0 Å². The highest BCUT2D eigenvalue weighted by Gasteiger charge is 2.21. The summed E-state index contributed by atoms with van der Waals surface area (Å²) in [5.74, 6) is -1.58. The first-order valence-corrected chi connectivity index (χ1v) is 5.13. The molecule has 0 unspecified atom stereocenters. The average molecular weight is 226 g/mol. The first-order chi connectivity index (χ1) is 7.65. The Hall–Kier alpha value is -1.49. The van der Waals surface area contributed by atoms with Crippen LogP contribution in [0.15, 0.2) is 18.2 Å². The molecule has 1 aliphatic rings. The molecule has 5 heteroatoms. The predicted octanol–water partition coefficient (Wildman–Crippen LogP) is 1.66. The van der Waals surface area contributed by atoms with E-state index in [9.17, 15) is 13.6 Å². The van der Waals surface area contributed by atoms with Gasteiger partial charge in [-0.25, -0.2) is 8.78 Å². The van der Waals surface area contributed by atoms with E-state index < -0.39 is 11.6 Å². The molecule has 1 amide bonds. The van der Waals surface area contributed by atoms with Crippen molar-refractivity contribution in [3.05, 3.63) is 29.8 Å². The molecular formula is C11H12F2N2O. The Balaban J connectivity index is 1.91. The minimum atomic E-state index is -0.638. The number of nitrogens with one attached hydrogen (secondary N) is 2. The van der Waals surface area contributed by atoms with Gasteiger partial charge in [0, 0.05) is 12.1 Å². The van der Waals surface area contributed by atoms with Crippen molar-refractivity contribution in [3.63, 3.8) is 0 Å². The van der Waals surface area contributed by atoms with Gasteiger partial charge in [-0.3, -0.25) is 4.79 Å². The van der Waals surface area contributed by atoms with Gasteiger partial charge in [-0.1, -0.05) is 0 Å². The van der Waals surface area contributed by atoms with Crippen molar-refractivity contribution >= 4 is 11.6 Å². The number of carbonyl (C=O) groups is 1. The van der Waals surface area contributed by atoms with Gasteiger partial charge in [0.15, 0.2) is 0 Å². The summed E-state index contributed by atoms with van der Waals surface area (Å²) in [7, 11) is 0. The summed E-state index contributed by atoms with van der Waals surface area (Å²) in [5, 5.41) is 5.30. The lowest BCUT2D eigenvalue weighted by Gasteiger charge is -2.06. The van der Waals surface area contributed by atoms with Gasteiger partial charge in [-0.15, -0.1) is 0 Å². The number of carbonyl (C=O) groups excluding carboxylic acids is 1. The second-order valence-corrected chi connectivity index (χ2v) is 3.83. The normalized spacial score (nSPS) is 14.9. The van der Waals surface area contributed by atoms with Crippen LogP contribution in [0.3, 0.4) is 0 Å². The minimum Gasteiger partial charge on any atom is -0.322 e. The lowest BCUT2D eigenvalue weighted by Crippen LogP contribution is -2.29. The van der Waals surface area contributed by atoms with E-state index in [-0.39, 0.29) is 18.1 Å². The van der Waals surface area contributed by atoms with E-state index in [1.165, 1.54) is 0 Å². The summed E-state index contributed by atoms with van der Waals surface area (Å²) in [6.45, 7) is 0.126. The van der Waals surface area contributed by atoms with Crippen molar-refractivity contribution < 1.29 is 13.6 Å². The smallest absolute Gasteiger partial charge is 0.238 e. The largest absolute Gasteiger partial charge is 0.322 e. The summed E-state index contributed by atoms with van der Waals surface area (Å²) in [6, 6.07) is 3.36. The van der Waals surface area contributed by atoms with Crippen molar-refractivity contribution in [3.8, 4) is 0 Å². The number of hydrogen-bond acceptors (Lipinski definition) is 2. The lowest BCUT2D eigenvalue weighted by atomic mass is 10.3. The highest BCUT2D eigenvalue weighted by Crippen LogP contribution is 2.18. The van der Waals surface area contributed by atoms with E-state index in [4.69, 9.17) is 0 Å².